The molecule has 1 amide bonds. The standard InChI is InChI=1S/C11H18N4O/c1-4-14-8-5-9(7-13-6-8)15-11(2,3)10(12)16/h5-7,14-15H,4H2,1-3H3,(H2,12,16). The summed E-state index contributed by atoms with van der Waals surface area (Å²) < 4.78 is 0. The van der Waals surface area contributed by atoms with E-state index in [1.54, 1.807) is 26.2 Å². The Kier molecular flexibility index (Phi) is 3.71. The Morgan fingerprint density at radius 2 is 2.06 bits per heavy atom. The first-order valence-electron chi connectivity index (χ1n) is 5.22. The van der Waals surface area contributed by atoms with Gasteiger partial charge in [0.05, 0.1) is 23.8 Å². The topological polar surface area (TPSA) is 80.0 Å². The van der Waals surface area contributed by atoms with E-state index in [0.29, 0.717) is 0 Å². The second-order valence-electron chi connectivity index (χ2n) is 4.11. The van der Waals surface area contributed by atoms with Crippen LogP contribution in [0.4, 0.5) is 11.4 Å². The normalized spacial score (nSPS) is 10.9. The van der Waals surface area contributed by atoms with E-state index >= 15 is 0 Å². The zero-order valence-corrected chi connectivity index (χ0v) is 9.87. The lowest BCUT2D eigenvalue weighted by atomic mass is 10.0. The molecule has 0 aliphatic rings. The monoisotopic (exact) mass is 222 g/mol. The zero-order valence-electron chi connectivity index (χ0n) is 9.87. The zero-order chi connectivity index (χ0) is 12.2. The molecule has 88 valence electrons. The van der Waals surface area contributed by atoms with Crippen LogP contribution in [-0.4, -0.2) is 23.0 Å². The Morgan fingerprint density at radius 1 is 1.44 bits per heavy atom. The van der Waals surface area contributed by atoms with Crippen molar-refractivity contribution in [3.8, 4) is 0 Å². The largest absolute Gasteiger partial charge is 0.384 e. The predicted molar refractivity (Wildman–Crippen MR) is 65.3 cm³/mol. The quantitative estimate of drug-likeness (QED) is 0.699. The number of carbonyl (C=O) groups is 1. The fourth-order valence-electron chi connectivity index (χ4n) is 1.23. The van der Waals surface area contributed by atoms with Crippen molar-refractivity contribution in [2.24, 2.45) is 5.73 Å². The lowest BCUT2D eigenvalue weighted by Gasteiger charge is -2.23. The number of amides is 1. The van der Waals surface area contributed by atoms with Crippen molar-refractivity contribution in [2.45, 2.75) is 26.3 Å². The number of nitrogens with one attached hydrogen (secondary N) is 2. The summed E-state index contributed by atoms with van der Waals surface area (Å²) in [6, 6.07) is 1.89. The number of pyridine rings is 1. The molecule has 1 aromatic rings. The average Bonchev–Trinajstić information content (AvgIpc) is 2.17. The molecule has 0 atom stereocenters. The van der Waals surface area contributed by atoms with E-state index in [-0.39, 0.29) is 0 Å². The number of nitrogens with two attached hydrogens (primary N) is 1. The van der Waals surface area contributed by atoms with E-state index in [9.17, 15) is 4.79 Å². The number of hydrogen-bond acceptors (Lipinski definition) is 4. The summed E-state index contributed by atoms with van der Waals surface area (Å²) in [7, 11) is 0. The summed E-state index contributed by atoms with van der Waals surface area (Å²) in [6.07, 6.45) is 3.39. The van der Waals surface area contributed by atoms with Crippen LogP contribution in [-0.2, 0) is 4.79 Å². The van der Waals surface area contributed by atoms with Crippen LogP contribution in [0.5, 0.6) is 0 Å². The predicted octanol–water partition coefficient (Wildman–Crippen LogP) is 1.19. The van der Waals surface area contributed by atoms with E-state index in [4.69, 9.17) is 5.73 Å². The third kappa shape index (κ3) is 3.12. The highest BCUT2D eigenvalue weighted by molar-refractivity contribution is 5.87. The van der Waals surface area contributed by atoms with Crippen LogP contribution in [0.3, 0.4) is 0 Å². The number of anilines is 2. The molecule has 0 fully saturated rings. The first kappa shape index (κ1) is 12.3. The molecule has 1 heterocycles. The third-order valence-corrected chi connectivity index (χ3v) is 2.19. The van der Waals surface area contributed by atoms with Crippen LogP contribution in [0.15, 0.2) is 18.5 Å². The highest BCUT2D eigenvalue weighted by Crippen LogP contribution is 2.17. The van der Waals surface area contributed by atoms with Gasteiger partial charge < -0.3 is 16.4 Å². The van der Waals surface area contributed by atoms with Gasteiger partial charge in [0.25, 0.3) is 0 Å². The fraction of sp³-hybridized carbons (Fsp3) is 0.455. The van der Waals surface area contributed by atoms with E-state index in [2.05, 4.69) is 15.6 Å². The molecule has 16 heavy (non-hydrogen) atoms. The second-order valence-corrected chi connectivity index (χ2v) is 4.11. The molecular weight excluding hydrogens is 204 g/mol. The maximum atomic E-state index is 11.2. The molecule has 0 unspecified atom stereocenters. The minimum Gasteiger partial charge on any atom is -0.384 e. The molecule has 5 nitrogen and oxygen atoms in total. The number of carbonyl (C=O) groups excluding carboxylic acids is 1. The van der Waals surface area contributed by atoms with Crippen LogP contribution in [0.2, 0.25) is 0 Å². The maximum Gasteiger partial charge on any atom is 0.242 e. The van der Waals surface area contributed by atoms with Gasteiger partial charge in [0.15, 0.2) is 0 Å². The van der Waals surface area contributed by atoms with Crippen molar-refractivity contribution < 1.29 is 4.79 Å². The van der Waals surface area contributed by atoms with Gasteiger partial charge in [0.2, 0.25) is 5.91 Å². The molecule has 1 rings (SSSR count). The van der Waals surface area contributed by atoms with Crippen molar-refractivity contribution in [1.82, 2.24) is 4.98 Å². The summed E-state index contributed by atoms with van der Waals surface area (Å²) in [5.41, 5.74) is 6.17. The second kappa shape index (κ2) is 4.83. The van der Waals surface area contributed by atoms with Crippen LogP contribution >= 0.6 is 0 Å². The van der Waals surface area contributed by atoms with Crippen LogP contribution < -0.4 is 16.4 Å². The highest BCUT2D eigenvalue weighted by atomic mass is 16.1. The van der Waals surface area contributed by atoms with Crippen LogP contribution in [0.1, 0.15) is 20.8 Å². The van der Waals surface area contributed by atoms with Crippen LogP contribution in [0, 0.1) is 0 Å². The Balaban J connectivity index is 2.81. The van der Waals surface area contributed by atoms with Crippen molar-refractivity contribution in [1.29, 1.82) is 0 Å². The minimum absolute atomic E-state index is 0.402. The van der Waals surface area contributed by atoms with E-state index in [1.165, 1.54) is 0 Å². The average molecular weight is 222 g/mol. The molecule has 4 N–H and O–H groups in total. The number of hydrogen-bond donors (Lipinski definition) is 3. The Labute approximate surface area is 95.4 Å². The number of rotatable bonds is 5. The van der Waals surface area contributed by atoms with Gasteiger partial charge in [-0.25, -0.2) is 0 Å². The lowest BCUT2D eigenvalue weighted by Crippen LogP contribution is -2.45. The molecule has 0 saturated heterocycles. The summed E-state index contributed by atoms with van der Waals surface area (Å²) in [4.78, 5) is 15.2. The first-order chi connectivity index (χ1) is 7.45. The smallest absolute Gasteiger partial charge is 0.242 e. The van der Waals surface area contributed by atoms with E-state index < -0.39 is 11.4 Å². The fourth-order valence-corrected chi connectivity index (χ4v) is 1.23. The summed E-state index contributed by atoms with van der Waals surface area (Å²) in [6.45, 7) is 6.29. The van der Waals surface area contributed by atoms with Crippen molar-refractivity contribution >= 4 is 17.3 Å². The van der Waals surface area contributed by atoms with Crippen molar-refractivity contribution in [3.05, 3.63) is 18.5 Å². The molecule has 0 saturated carbocycles. The highest BCUT2D eigenvalue weighted by Gasteiger charge is 2.24. The summed E-state index contributed by atoms with van der Waals surface area (Å²) in [5, 5.41) is 6.18. The van der Waals surface area contributed by atoms with E-state index in [1.807, 2.05) is 13.0 Å². The molecule has 0 aromatic carbocycles. The first-order valence-corrected chi connectivity index (χ1v) is 5.22. The van der Waals surface area contributed by atoms with Gasteiger partial charge in [0.1, 0.15) is 5.54 Å². The van der Waals surface area contributed by atoms with Crippen molar-refractivity contribution in [2.75, 3.05) is 17.2 Å². The number of aromatic nitrogens is 1. The molecule has 0 radical (unpaired) electrons. The van der Waals surface area contributed by atoms with Gasteiger partial charge >= 0.3 is 0 Å². The van der Waals surface area contributed by atoms with Gasteiger partial charge in [0, 0.05) is 6.54 Å². The molecule has 0 aliphatic carbocycles. The Morgan fingerprint density at radius 3 is 2.62 bits per heavy atom. The van der Waals surface area contributed by atoms with Crippen LogP contribution in [0.25, 0.3) is 0 Å². The molecular formula is C11H18N4O. The molecule has 0 bridgehead atoms. The van der Waals surface area contributed by atoms with Gasteiger partial charge in [-0.1, -0.05) is 0 Å². The molecule has 0 aliphatic heterocycles. The van der Waals surface area contributed by atoms with E-state index in [0.717, 1.165) is 17.9 Å². The van der Waals surface area contributed by atoms with Gasteiger partial charge in [-0.05, 0) is 26.8 Å². The minimum atomic E-state index is -0.785. The van der Waals surface area contributed by atoms with Crippen molar-refractivity contribution in [3.63, 3.8) is 0 Å². The Hall–Kier alpha value is -1.78. The third-order valence-electron chi connectivity index (χ3n) is 2.19. The molecule has 0 spiro atoms. The molecule has 5 heteroatoms. The maximum absolute atomic E-state index is 11.2. The number of primary amides is 1. The van der Waals surface area contributed by atoms with Gasteiger partial charge in [-0.15, -0.1) is 0 Å². The lowest BCUT2D eigenvalue weighted by molar-refractivity contribution is -0.121. The Bertz CT molecular complexity index is 376. The SMILES string of the molecule is CCNc1cncc(NC(C)(C)C(N)=O)c1. The number of nitrogens with zero attached hydrogens (tertiary/aromatic N) is 1. The van der Waals surface area contributed by atoms with Gasteiger partial charge in [-0.2, -0.15) is 0 Å². The van der Waals surface area contributed by atoms with Gasteiger partial charge in [-0.3, -0.25) is 9.78 Å². The summed E-state index contributed by atoms with van der Waals surface area (Å²) in [5.74, 6) is -0.402. The molecule has 1 aromatic heterocycles. The summed E-state index contributed by atoms with van der Waals surface area (Å²) >= 11 is 0.